The minimum absolute atomic E-state index is 0.0236. The van der Waals surface area contributed by atoms with Gasteiger partial charge in [0.15, 0.2) is 11.2 Å². The molecule has 4 rings (SSSR count). The van der Waals surface area contributed by atoms with E-state index in [0.717, 1.165) is 0 Å². The zero-order valence-corrected chi connectivity index (χ0v) is 11.3. The van der Waals surface area contributed by atoms with Crippen LogP contribution in [-0.2, 0) is 0 Å². The Hall–Kier alpha value is -3.48. The van der Waals surface area contributed by atoms with Gasteiger partial charge in [0.1, 0.15) is 0 Å². The highest BCUT2D eigenvalue weighted by molar-refractivity contribution is 6.02. The lowest BCUT2D eigenvalue weighted by atomic mass is 10.0. The van der Waals surface area contributed by atoms with Crippen LogP contribution in [0.4, 0.5) is 0 Å². The van der Waals surface area contributed by atoms with Crippen molar-refractivity contribution in [3.05, 3.63) is 78.1 Å². The van der Waals surface area contributed by atoms with Gasteiger partial charge in [-0.05, 0) is 57.9 Å². The molecule has 112 valence electrons. The number of fused-ring (bicyclic) bond motifs is 3. The molecule has 0 fully saturated rings. The van der Waals surface area contributed by atoms with E-state index in [1.807, 2.05) is 0 Å². The minimum atomic E-state index is -1.19. The fourth-order valence-corrected chi connectivity index (χ4v) is 2.47. The van der Waals surface area contributed by atoms with Crippen molar-refractivity contribution in [3.63, 3.8) is 0 Å². The van der Waals surface area contributed by atoms with Crippen molar-refractivity contribution in [1.29, 1.82) is 0 Å². The molecule has 0 saturated heterocycles. The molecule has 0 spiro atoms. The van der Waals surface area contributed by atoms with Crippen LogP contribution in [-0.4, -0.2) is 0 Å². The van der Waals surface area contributed by atoms with Crippen molar-refractivity contribution < 1.29 is 13.3 Å². The quantitative estimate of drug-likeness (QED) is 0.356. The molecule has 0 atom stereocenters. The van der Waals surface area contributed by atoms with Crippen molar-refractivity contribution in [1.82, 2.24) is 0 Å². The molecular formula is C16H6O7. The topological polar surface area (TPSA) is 108 Å². The average molecular weight is 310 g/mol. The summed E-state index contributed by atoms with van der Waals surface area (Å²) in [6.45, 7) is 0. The highest BCUT2D eigenvalue weighted by Crippen LogP contribution is 2.25. The van der Waals surface area contributed by atoms with Crippen molar-refractivity contribution in [2.75, 3.05) is 0 Å². The van der Waals surface area contributed by atoms with Gasteiger partial charge in [-0.2, -0.15) is 0 Å². The van der Waals surface area contributed by atoms with E-state index >= 15 is 0 Å². The average Bonchev–Trinajstić information content (AvgIpc) is 2.60. The number of rotatable bonds is 0. The van der Waals surface area contributed by atoms with Crippen molar-refractivity contribution >= 4 is 32.7 Å². The van der Waals surface area contributed by atoms with E-state index in [1.54, 1.807) is 12.1 Å². The largest absolute Gasteiger partial charge is 0.524 e. The van der Waals surface area contributed by atoms with Gasteiger partial charge >= 0.3 is 11.6 Å². The van der Waals surface area contributed by atoms with Crippen LogP contribution in [0.5, 0.6) is 0 Å². The first-order valence-corrected chi connectivity index (χ1v) is 6.51. The Morgan fingerprint density at radius 1 is 0.478 bits per heavy atom. The molecule has 1 heterocycles. The van der Waals surface area contributed by atoms with Crippen LogP contribution >= 0.6 is 0 Å². The Morgan fingerprint density at radius 3 is 1.30 bits per heavy atom. The van der Waals surface area contributed by atoms with E-state index in [4.69, 9.17) is 8.83 Å². The highest BCUT2D eigenvalue weighted by Gasteiger charge is 2.07. The lowest BCUT2D eigenvalue weighted by Gasteiger charge is -2.01. The summed E-state index contributed by atoms with van der Waals surface area (Å²) < 4.78 is 14.0. The molecule has 23 heavy (non-hydrogen) atoms. The Labute approximate surface area is 125 Å². The Morgan fingerprint density at radius 2 is 0.870 bits per heavy atom. The molecule has 0 saturated carbocycles. The standard InChI is InChI=1S/C16H6O7/c17-11-3-7-1-9-5-13-14(22-16(20)23-15(19)21-13)6-10(9)2-8(7)4-12(11)18/h1-6H. The van der Waals surface area contributed by atoms with Crippen LogP contribution in [0.3, 0.4) is 0 Å². The molecule has 0 N–H and O–H groups in total. The molecule has 0 radical (unpaired) electrons. The number of hydrogen-bond donors (Lipinski definition) is 0. The summed E-state index contributed by atoms with van der Waals surface area (Å²) in [4.78, 5) is 45.5. The lowest BCUT2D eigenvalue weighted by Crippen LogP contribution is -2.20. The summed E-state index contributed by atoms with van der Waals surface area (Å²) in [6.07, 6.45) is 0. The van der Waals surface area contributed by atoms with Crippen LogP contribution in [0.15, 0.2) is 68.8 Å². The third kappa shape index (κ3) is 2.15. The van der Waals surface area contributed by atoms with E-state index in [-0.39, 0.29) is 11.2 Å². The Balaban J connectivity index is 2.22. The van der Waals surface area contributed by atoms with E-state index in [0.29, 0.717) is 21.5 Å². The molecule has 0 aliphatic rings. The van der Waals surface area contributed by atoms with Gasteiger partial charge in [0.05, 0.1) is 0 Å². The Kier molecular flexibility index (Phi) is 2.59. The smallest absolute Gasteiger partial charge is 0.391 e. The molecular weight excluding hydrogens is 304 g/mol. The highest BCUT2D eigenvalue weighted by atomic mass is 16.6. The van der Waals surface area contributed by atoms with Gasteiger partial charge in [-0.25, -0.2) is 9.59 Å². The van der Waals surface area contributed by atoms with Crippen LogP contribution in [0, 0.1) is 0 Å². The second-order valence-corrected chi connectivity index (χ2v) is 4.95. The van der Waals surface area contributed by atoms with Gasteiger partial charge in [0, 0.05) is 0 Å². The summed E-state index contributed by atoms with van der Waals surface area (Å²) in [7, 11) is 0. The maximum atomic E-state index is 11.5. The summed E-state index contributed by atoms with van der Waals surface area (Å²) >= 11 is 0. The van der Waals surface area contributed by atoms with Crippen molar-refractivity contribution in [3.8, 4) is 0 Å². The molecule has 0 aliphatic heterocycles. The first-order valence-electron chi connectivity index (χ1n) is 6.51. The fraction of sp³-hybridized carbons (Fsp3) is 0. The van der Waals surface area contributed by atoms with Crippen LogP contribution in [0.2, 0.25) is 0 Å². The Bertz CT molecular complexity index is 1240. The zero-order chi connectivity index (χ0) is 16.1. The summed E-state index contributed by atoms with van der Waals surface area (Å²) in [5, 5.41) is 2.44. The fourth-order valence-electron chi connectivity index (χ4n) is 2.47. The molecule has 1 aromatic heterocycles. The van der Waals surface area contributed by atoms with Gasteiger partial charge in [0.25, 0.3) is 0 Å². The first-order chi connectivity index (χ1) is 11.0. The monoisotopic (exact) mass is 310 g/mol. The summed E-state index contributed by atoms with van der Waals surface area (Å²) in [5.74, 6) is -2.38. The lowest BCUT2D eigenvalue weighted by molar-refractivity contribution is 0.281. The van der Waals surface area contributed by atoms with Gasteiger partial charge in [-0.1, -0.05) is 0 Å². The minimum Gasteiger partial charge on any atom is -0.391 e. The predicted molar refractivity (Wildman–Crippen MR) is 80.8 cm³/mol. The van der Waals surface area contributed by atoms with E-state index < -0.39 is 22.5 Å². The third-order valence-electron chi connectivity index (χ3n) is 3.47. The predicted octanol–water partition coefficient (Wildman–Crippen LogP) is 1.37. The first kappa shape index (κ1) is 13.2. The molecule has 0 unspecified atom stereocenters. The molecule has 7 nitrogen and oxygen atoms in total. The van der Waals surface area contributed by atoms with Gasteiger partial charge in [0.2, 0.25) is 10.9 Å². The number of hydrogen-bond acceptors (Lipinski definition) is 7. The molecule has 4 aromatic rings. The van der Waals surface area contributed by atoms with E-state index in [9.17, 15) is 19.2 Å². The van der Waals surface area contributed by atoms with Crippen molar-refractivity contribution in [2.24, 2.45) is 0 Å². The van der Waals surface area contributed by atoms with Crippen LogP contribution < -0.4 is 22.5 Å². The van der Waals surface area contributed by atoms with Gasteiger partial charge in [-0.15, -0.1) is 0 Å². The van der Waals surface area contributed by atoms with E-state index in [1.165, 1.54) is 24.3 Å². The zero-order valence-electron chi connectivity index (χ0n) is 11.3. The number of benzene rings is 3. The molecule has 0 bridgehead atoms. The SMILES string of the molecule is O=c1oc(=O)oc2cc3cc4cc(=O)c(=O)cc4cc3cc2o1. The second kappa shape index (κ2) is 4.51. The second-order valence-electron chi connectivity index (χ2n) is 4.95. The van der Waals surface area contributed by atoms with Crippen LogP contribution in [0.1, 0.15) is 0 Å². The molecule has 0 aliphatic carbocycles. The molecule has 3 aromatic carbocycles. The maximum Gasteiger partial charge on any atom is 0.524 e. The summed E-state index contributed by atoms with van der Waals surface area (Å²) in [6, 6.07) is 8.81. The molecule has 0 amide bonds. The van der Waals surface area contributed by atoms with Gasteiger partial charge < -0.3 is 13.3 Å². The van der Waals surface area contributed by atoms with Crippen LogP contribution in [0.25, 0.3) is 32.7 Å². The van der Waals surface area contributed by atoms with Gasteiger partial charge in [-0.3, -0.25) is 9.59 Å². The third-order valence-corrected chi connectivity index (χ3v) is 3.47. The molecule has 7 heteroatoms. The maximum absolute atomic E-state index is 11.5. The summed E-state index contributed by atoms with van der Waals surface area (Å²) in [5.41, 5.74) is -1.15. The van der Waals surface area contributed by atoms with E-state index in [2.05, 4.69) is 4.42 Å². The van der Waals surface area contributed by atoms with Crippen molar-refractivity contribution in [2.45, 2.75) is 0 Å². The normalized spacial score (nSPS) is 11.3.